The highest BCUT2D eigenvalue weighted by Gasteiger charge is 2.40. The van der Waals surface area contributed by atoms with Crippen LogP contribution in [0.15, 0.2) is 30.8 Å². The average molecular weight is 262 g/mol. The van der Waals surface area contributed by atoms with Crippen molar-refractivity contribution in [2.45, 2.75) is 38.9 Å². The van der Waals surface area contributed by atoms with Crippen molar-refractivity contribution in [3.63, 3.8) is 0 Å². The van der Waals surface area contributed by atoms with Crippen LogP contribution in [0.5, 0.6) is 0 Å². The van der Waals surface area contributed by atoms with Gasteiger partial charge in [0.05, 0.1) is 5.56 Å². The molecule has 0 spiro atoms. The molecule has 0 aliphatic carbocycles. The van der Waals surface area contributed by atoms with Crippen LogP contribution in [0.25, 0.3) is 6.08 Å². The molecule has 0 bridgehead atoms. The molecule has 1 aromatic carbocycles. The van der Waals surface area contributed by atoms with Gasteiger partial charge in [-0.25, -0.2) is 4.79 Å². The molecule has 1 rings (SSSR count). The summed E-state index contributed by atoms with van der Waals surface area (Å²) in [5.41, 5.74) is 1.52. The summed E-state index contributed by atoms with van der Waals surface area (Å²) in [6.07, 6.45) is 1.73. The summed E-state index contributed by atoms with van der Waals surface area (Å²) < 4.78 is 5.75. The highest BCUT2D eigenvalue weighted by Crippen LogP contribution is 2.37. The minimum absolute atomic E-state index is 0.0265. The normalized spacial score (nSPS) is 12.1. The molecule has 0 saturated heterocycles. The van der Waals surface area contributed by atoms with Gasteiger partial charge in [-0.15, -0.1) is 0 Å². The molecule has 18 heavy (non-hydrogen) atoms. The van der Waals surface area contributed by atoms with Gasteiger partial charge in [0.25, 0.3) is 8.32 Å². The first-order valence-corrected chi connectivity index (χ1v) is 9.04. The quantitative estimate of drug-likeness (QED) is 0.750. The Balaban J connectivity index is 2.92. The maximum atomic E-state index is 12.2. The lowest BCUT2D eigenvalue weighted by atomic mass is 10.1. The molecule has 1 aromatic rings. The third kappa shape index (κ3) is 3.32. The lowest BCUT2D eigenvalue weighted by Gasteiger charge is -2.35. The summed E-state index contributed by atoms with van der Waals surface area (Å²) >= 11 is 0. The first-order valence-electron chi connectivity index (χ1n) is 6.13. The molecule has 0 N–H and O–H groups in total. The number of hydrogen-bond donors (Lipinski definition) is 0. The van der Waals surface area contributed by atoms with Gasteiger partial charge >= 0.3 is 5.97 Å². The van der Waals surface area contributed by atoms with E-state index in [0.29, 0.717) is 5.56 Å². The van der Waals surface area contributed by atoms with Gasteiger partial charge in [0.15, 0.2) is 0 Å². The Morgan fingerprint density at radius 2 is 1.94 bits per heavy atom. The van der Waals surface area contributed by atoms with Crippen molar-refractivity contribution in [2.75, 3.05) is 0 Å². The van der Waals surface area contributed by atoms with E-state index in [4.69, 9.17) is 4.43 Å². The van der Waals surface area contributed by atoms with Gasteiger partial charge in [-0.2, -0.15) is 0 Å². The van der Waals surface area contributed by atoms with E-state index in [2.05, 4.69) is 40.4 Å². The molecule has 0 unspecified atom stereocenters. The standard InChI is InChI=1S/C15H22O2Si/c1-7-12-9-8-10-13(11-12)14(16)17-18(5,6)15(2,3)4/h7-11H,1H2,2-6H3. The molecule has 0 atom stereocenters. The summed E-state index contributed by atoms with van der Waals surface area (Å²) in [5.74, 6) is -0.231. The molecule has 0 radical (unpaired) electrons. The summed E-state index contributed by atoms with van der Waals surface area (Å²) in [6.45, 7) is 14.2. The van der Waals surface area contributed by atoms with Gasteiger partial charge in [0.2, 0.25) is 0 Å². The SMILES string of the molecule is C=Cc1cccc(C(=O)O[Si](C)(C)C(C)(C)C)c1. The largest absolute Gasteiger partial charge is 0.516 e. The van der Waals surface area contributed by atoms with Gasteiger partial charge in [-0.05, 0) is 35.8 Å². The van der Waals surface area contributed by atoms with E-state index in [0.717, 1.165) is 5.56 Å². The molecule has 0 saturated carbocycles. The Kier molecular flexibility index (Phi) is 4.17. The van der Waals surface area contributed by atoms with Crippen LogP contribution in [0.2, 0.25) is 18.1 Å². The molecule has 0 fully saturated rings. The van der Waals surface area contributed by atoms with Crippen molar-refractivity contribution < 1.29 is 9.22 Å². The zero-order chi connectivity index (χ0) is 14.0. The molecular weight excluding hydrogens is 240 g/mol. The van der Waals surface area contributed by atoms with Crippen LogP contribution in [0.1, 0.15) is 36.7 Å². The Morgan fingerprint density at radius 1 is 1.33 bits per heavy atom. The second-order valence-electron chi connectivity index (χ2n) is 5.98. The van der Waals surface area contributed by atoms with Gasteiger partial charge < -0.3 is 4.43 Å². The number of rotatable bonds is 3. The summed E-state index contributed by atoms with van der Waals surface area (Å²) in [6, 6.07) is 7.35. The average Bonchev–Trinajstić information content (AvgIpc) is 2.27. The fraction of sp³-hybridized carbons (Fsp3) is 0.400. The van der Waals surface area contributed by atoms with Crippen molar-refractivity contribution in [3.05, 3.63) is 42.0 Å². The van der Waals surface area contributed by atoms with Crippen molar-refractivity contribution in [2.24, 2.45) is 0 Å². The second kappa shape index (κ2) is 5.10. The highest BCUT2D eigenvalue weighted by molar-refractivity contribution is 6.75. The molecule has 3 heteroatoms. The molecule has 98 valence electrons. The van der Waals surface area contributed by atoms with E-state index in [1.54, 1.807) is 12.1 Å². The molecule has 0 amide bonds. The first kappa shape index (κ1) is 14.7. The molecule has 0 aliphatic rings. The van der Waals surface area contributed by atoms with E-state index < -0.39 is 8.32 Å². The van der Waals surface area contributed by atoms with Crippen LogP contribution in [0, 0.1) is 0 Å². The van der Waals surface area contributed by atoms with Crippen LogP contribution in [0.4, 0.5) is 0 Å². The Morgan fingerprint density at radius 3 is 2.44 bits per heavy atom. The smallest absolute Gasteiger partial charge is 0.324 e. The fourth-order valence-electron chi connectivity index (χ4n) is 1.24. The first-order chi connectivity index (χ1) is 8.17. The predicted molar refractivity (Wildman–Crippen MR) is 79.1 cm³/mol. The molecular formula is C15H22O2Si. The number of carbonyl (C=O) groups excluding carboxylic acids is 1. The summed E-state index contributed by atoms with van der Waals surface area (Å²) in [7, 11) is -2.05. The predicted octanol–water partition coefficient (Wildman–Crippen LogP) is 4.49. The third-order valence-corrected chi connectivity index (χ3v) is 7.82. The van der Waals surface area contributed by atoms with Gasteiger partial charge in [-0.1, -0.05) is 45.6 Å². The van der Waals surface area contributed by atoms with E-state index in [1.807, 2.05) is 18.2 Å². The maximum Gasteiger partial charge on any atom is 0.324 e. The van der Waals surface area contributed by atoms with Crippen LogP contribution >= 0.6 is 0 Å². The Labute approximate surface area is 111 Å². The number of benzene rings is 1. The Bertz CT molecular complexity index is 456. The minimum atomic E-state index is -2.05. The van der Waals surface area contributed by atoms with E-state index in [9.17, 15) is 4.79 Å². The lowest BCUT2D eigenvalue weighted by Crippen LogP contribution is -2.42. The van der Waals surface area contributed by atoms with Crippen LogP contribution < -0.4 is 0 Å². The van der Waals surface area contributed by atoms with Crippen molar-refractivity contribution in [1.29, 1.82) is 0 Å². The summed E-state index contributed by atoms with van der Waals surface area (Å²) in [5, 5.41) is 0.0265. The van der Waals surface area contributed by atoms with Gasteiger partial charge in [0.1, 0.15) is 0 Å². The highest BCUT2D eigenvalue weighted by atomic mass is 28.4. The van der Waals surface area contributed by atoms with E-state index in [1.165, 1.54) is 0 Å². The van der Waals surface area contributed by atoms with Crippen LogP contribution in [-0.2, 0) is 4.43 Å². The molecule has 0 heterocycles. The summed E-state index contributed by atoms with van der Waals surface area (Å²) in [4.78, 5) is 12.2. The minimum Gasteiger partial charge on any atom is -0.516 e. The monoisotopic (exact) mass is 262 g/mol. The molecule has 0 aliphatic heterocycles. The van der Waals surface area contributed by atoms with Crippen molar-refractivity contribution in [1.82, 2.24) is 0 Å². The van der Waals surface area contributed by atoms with Crippen LogP contribution in [0.3, 0.4) is 0 Å². The zero-order valence-corrected chi connectivity index (χ0v) is 12.9. The number of hydrogen-bond acceptors (Lipinski definition) is 2. The molecule has 2 nitrogen and oxygen atoms in total. The maximum absolute atomic E-state index is 12.2. The molecule has 0 aromatic heterocycles. The fourth-order valence-corrected chi connectivity index (χ4v) is 2.12. The zero-order valence-electron chi connectivity index (χ0n) is 11.9. The van der Waals surface area contributed by atoms with Gasteiger partial charge in [0, 0.05) is 0 Å². The van der Waals surface area contributed by atoms with Gasteiger partial charge in [-0.3, -0.25) is 0 Å². The lowest BCUT2D eigenvalue weighted by molar-refractivity contribution is 0.0712. The third-order valence-electron chi connectivity index (χ3n) is 3.51. The van der Waals surface area contributed by atoms with Crippen LogP contribution in [-0.4, -0.2) is 14.3 Å². The van der Waals surface area contributed by atoms with Crippen molar-refractivity contribution >= 4 is 20.4 Å². The van der Waals surface area contributed by atoms with Crippen molar-refractivity contribution in [3.8, 4) is 0 Å². The van der Waals surface area contributed by atoms with E-state index in [-0.39, 0.29) is 11.0 Å². The van der Waals surface area contributed by atoms with E-state index >= 15 is 0 Å². The topological polar surface area (TPSA) is 26.3 Å². The second-order valence-corrected chi connectivity index (χ2v) is 10.7. The number of carbonyl (C=O) groups is 1. The Hall–Kier alpha value is -1.35.